The number of carbonyl (C=O) groups excluding carboxylic acids is 2. The number of aliphatic hydroxyl groups excluding tert-OH is 1. The summed E-state index contributed by atoms with van der Waals surface area (Å²) in [7, 11) is 0. The quantitative estimate of drug-likeness (QED) is 0.0527. The van der Waals surface area contributed by atoms with Crippen LogP contribution in [0, 0.1) is 5.92 Å². The number of hydrogen-bond acceptors (Lipinski definition) is 8. The average Bonchev–Trinajstić information content (AvgIpc) is 3.06. The van der Waals surface area contributed by atoms with Crippen LogP contribution in [-0.2, 0) is 19.0 Å². The number of aliphatic hydroxyl groups is 1. The van der Waals surface area contributed by atoms with Crippen molar-refractivity contribution in [3.05, 3.63) is 0 Å². The van der Waals surface area contributed by atoms with Crippen molar-refractivity contribution < 1.29 is 28.9 Å². The van der Waals surface area contributed by atoms with E-state index in [1.807, 2.05) is 0 Å². The normalized spacial score (nSPS) is 12.9. The molecule has 0 radical (unpaired) electrons. The Morgan fingerprint density at radius 2 is 1.09 bits per heavy atom. The Morgan fingerprint density at radius 3 is 1.66 bits per heavy atom. The molecule has 0 spiro atoms. The molecule has 1 N–H and O–H groups in total. The van der Waals surface area contributed by atoms with Crippen LogP contribution in [0.3, 0.4) is 0 Å². The number of nitrogens with zero attached hydrogens (tertiary/aromatic N) is 2. The summed E-state index contributed by atoms with van der Waals surface area (Å²) in [5.74, 6) is 0.325. The molecule has 2 unspecified atom stereocenters. The largest absolute Gasteiger partial charge is 0.508 e. The molecule has 0 heterocycles. The maximum absolute atomic E-state index is 12.7. The Bertz CT molecular complexity index is 690. The molecule has 0 aliphatic carbocycles. The highest BCUT2D eigenvalue weighted by Gasteiger charge is 2.18. The third kappa shape index (κ3) is 29.3. The lowest BCUT2D eigenvalue weighted by molar-refractivity contribution is -0.145. The summed E-state index contributed by atoms with van der Waals surface area (Å²) in [6.07, 6.45) is 22.3. The third-order valence-electron chi connectivity index (χ3n) is 9.38. The number of rotatable bonds is 35. The molecule has 0 saturated carbocycles. The van der Waals surface area contributed by atoms with Gasteiger partial charge in [0.1, 0.15) is 12.7 Å². The van der Waals surface area contributed by atoms with Crippen molar-refractivity contribution in [2.24, 2.45) is 5.92 Å². The predicted octanol–water partition coefficient (Wildman–Crippen LogP) is 9.56. The molecule has 0 aromatic carbocycles. The van der Waals surface area contributed by atoms with Gasteiger partial charge >= 0.3 is 12.1 Å². The van der Waals surface area contributed by atoms with Crippen LogP contribution >= 0.6 is 0 Å². The van der Waals surface area contributed by atoms with E-state index in [0.29, 0.717) is 44.9 Å². The van der Waals surface area contributed by atoms with Gasteiger partial charge in [0.2, 0.25) is 0 Å². The summed E-state index contributed by atoms with van der Waals surface area (Å²) in [6, 6.07) is 0. The maximum Gasteiger partial charge on any atom is 0.508 e. The highest BCUT2D eigenvalue weighted by Crippen LogP contribution is 2.21. The monoisotopic (exact) mass is 671 g/mol. The Morgan fingerprint density at radius 1 is 0.574 bits per heavy atom. The van der Waals surface area contributed by atoms with Crippen LogP contribution in [0.2, 0.25) is 0 Å². The van der Waals surface area contributed by atoms with Crippen LogP contribution in [0.4, 0.5) is 4.79 Å². The van der Waals surface area contributed by atoms with Crippen LogP contribution in [0.5, 0.6) is 0 Å². The Kier molecular flexibility index (Phi) is 33.5. The molecule has 8 heteroatoms. The molecule has 280 valence electrons. The van der Waals surface area contributed by atoms with Crippen molar-refractivity contribution >= 4 is 12.1 Å². The average molecular weight is 671 g/mol. The first-order valence-corrected chi connectivity index (χ1v) is 20.0. The number of likely N-dealkylation sites (N-methyl/N-ethyl adjacent to an activating group) is 1. The van der Waals surface area contributed by atoms with Gasteiger partial charge in [0.25, 0.3) is 0 Å². The molecule has 0 amide bonds. The second-order valence-corrected chi connectivity index (χ2v) is 13.5. The van der Waals surface area contributed by atoms with E-state index < -0.39 is 6.16 Å². The summed E-state index contributed by atoms with van der Waals surface area (Å²) >= 11 is 0. The van der Waals surface area contributed by atoms with Crippen molar-refractivity contribution in [3.8, 4) is 0 Å². The Balaban J connectivity index is 4.68. The molecule has 2 atom stereocenters. The number of esters is 1. The molecular formula is C39H78N2O6. The van der Waals surface area contributed by atoms with Crippen molar-refractivity contribution in [1.82, 2.24) is 9.80 Å². The van der Waals surface area contributed by atoms with Gasteiger partial charge in [-0.2, -0.15) is 0 Å². The van der Waals surface area contributed by atoms with Gasteiger partial charge in [0.05, 0.1) is 13.2 Å². The zero-order valence-corrected chi connectivity index (χ0v) is 31.8. The first kappa shape index (κ1) is 45.6. The highest BCUT2D eigenvalue weighted by atomic mass is 16.7. The second-order valence-electron chi connectivity index (χ2n) is 13.5. The lowest BCUT2D eigenvalue weighted by Gasteiger charge is -2.25. The zero-order chi connectivity index (χ0) is 34.8. The van der Waals surface area contributed by atoms with E-state index in [0.717, 1.165) is 71.1 Å². The van der Waals surface area contributed by atoms with Gasteiger partial charge in [0, 0.05) is 32.6 Å². The van der Waals surface area contributed by atoms with Crippen LogP contribution in [0.15, 0.2) is 0 Å². The molecule has 8 nitrogen and oxygen atoms in total. The number of ether oxygens (including phenoxy) is 3. The van der Waals surface area contributed by atoms with Gasteiger partial charge in [-0.25, -0.2) is 4.79 Å². The second kappa shape index (κ2) is 34.5. The molecule has 0 aromatic rings. The van der Waals surface area contributed by atoms with Crippen LogP contribution in [0.1, 0.15) is 169 Å². The number of unbranched alkanes of at least 4 members (excludes halogenated alkanes) is 12. The topological polar surface area (TPSA) is 88.5 Å². The van der Waals surface area contributed by atoms with Crippen molar-refractivity contribution in [2.75, 3.05) is 59.1 Å². The lowest BCUT2D eigenvalue weighted by atomic mass is 9.95. The number of hydrogen-bond donors (Lipinski definition) is 1. The fourth-order valence-corrected chi connectivity index (χ4v) is 6.11. The summed E-state index contributed by atoms with van der Waals surface area (Å²) in [4.78, 5) is 29.8. The molecule has 0 aliphatic heterocycles. The first-order valence-electron chi connectivity index (χ1n) is 20.0. The minimum Gasteiger partial charge on any atom is -0.465 e. The summed E-state index contributed by atoms with van der Waals surface area (Å²) in [6.45, 7) is 16.6. The summed E-state index contributed by atoms with van der Waals surface area (Å²) < 4.78 is 17.0. The molecule has 0 rings (SSSR count). The fourth-order valence-electron chi connectivity index (χ4n) is 6.11. The molecule has 47 heavy (non-hydrogen) atoms. The van der Waals surface area contributed by atoms with Gasteiger partial charge in [-0.15, -0.1) is 0 Å². The van der Waals surface area contributed by atoms with Crippen molar-refractivity contribution in [1.29, 1.82) is 0 Å². The predicted molar refractivity (Wildman–Crippen MR) is 196 cm³/mol. The third-order valence-corrected chi connectivity index (χ3v) is 9.38. The summed E-state index contributed by atoms with van der Waals surface area (Å²) in [5, 5.41) is 9.45. The smallest absolute Gasteiger partial charge is 0.465 e. The van der Waals surface area contributed by atoms with E-state index in [2.05, 4.69) is 44.4 Å². The zero-order valence-electron chi connectivity index (χ0n) is 31.8. The van der Waals surface area contributed by atoms with Crippen LogP contribution in [-0.4, -0.2) is 92.2 Å². The number of carbonyl (C=O) groups is 2. The van der Waals surface area contributed by atoms with E-state index in [-0.39, 0.29) is 25.3 Å². The standard InChI is InChI=1S/C39H78N2O6/c1-6-11-14-17-18-19-21-25-36(24-20-15-12-7-2)35-46-38(43)28-23-27-37(26-22-16-13-8-3)47-39(44)45-34-32-41(31-33-42)30-29-40(9-4)10-5/h36-37,42H,6-35H2,1-5H3. The van der Waals surface area contributed by atoms with E-state index in [1.165, 1.54) is 70.6 Å². The lowest BCUT2D eigenvalue weighted by Crippen LogP contribution is -2.38. The molecule has 0 saturated heterocycles. The maximum atomic E-state index is 12.7. The van der Waals surface area contributed by atoms with E-state index in [4.69, 9.17) is 14.2 Å². The first-order chi connectivity index (χ1) is 22.9. The minimum atomic E-state index is -0.642. The van der Waals surface area contributed by atoms with E-state index >= 15 is 0 Å². The summed E-state index contributed by atoms with van der Waals surface area (Å²) in [5.41, 5.74) is 0. The Labute approximate surface area is 291 Å². The van der Waals surface area contributed by atoms with Gasteiger partial charge in [0.15, 0.2) is 0 Å². The minimum absolute atomic E-state index is 0.0732. The SMILES string of the molecule is CCCCCCCCCC(CCCCCC)COC(=O)CCCC(CCCCCC)OC(=O)OCCN(CCO)CCN(CC)CC. The van der Waals surface area contributed by atoms with Crippen molar-refractivity contribution in [3.63, 3.8) is 0 Å². The van der Waals surface area contributed by atoms with Gasteiger partial charge in [-0.05, 0) is 57.5 Å². The van der Waals surface area contributed by atoms with Crippen molar-refractivity contribution in [2.45, 2.75) is 176 Å². The molecule has 0 aliphatic rings. The molecule has 0 aromatic heterocycles. The Hall–Kier alpha value is -1.38. The molecule has 0 bridgehead atoms. The van der Waals surface area contributed by atoms with Gasteiger partial charge in [-0.3, -0.25) is 9.69 Å². The molecular weight excluding hydrogens is 592 g/mol. The van der Waals surface area contributed by atoms with E-state index in [9.17, 15) is 14.7 Å². The molecule has 0 fully saturated rings. The van der Waals surface area contributed by atoms with Crippen LogP contribution < -0.4 is 0 Å². The van der Waals surface area contributed by atoms with Crippen LogP contribution in [0.25, 0.3) is 0 Å². The van der Waals surface area contributed by atoms with Gasteiger partial charge < -0.3 is 24.2 Å². The van der Waals surface area contributed by atoms with E-state index in [1.54, 1.807) is 0 Å². The van der Waals surface area contributed by atoms with Gasteiger partial charge in [-0.1, -0.05) is 125 Å². The fraction of sp³-hybridized carbons (Fsp3) is 0.949. The highest BCUT2D eigenvalue weighted by molar-refractivity contribution is 5.69.